The number of ether oxygens (including phenoxy) is 3. The van der Waals surface area contributed by atoms with Gasteiger partial charge in [0.15, 0.2) is 0 Å². The molecule has 1 fully saturated rings. The number of aryl methyl sites for hydroxylation is 1. The van der Waals surface area contributed by atoms with Crippen molar-refractivity contribution in [1.29, 1.82) is 5.26 Å². The van der Waals surface area contributed by atoms with Crippen molar-refractivity contribution in [3.8, 4) is 11.8 Å². The number of anilines is 2. The van der Waals surface area contributed by atoms with Crippen LogP contribution in [0.3, 0.4) is 0 Å². The topological polar surface area (TPSA) is 133 Å². The molecule has 12 nitrogen and oxygen atoms in total. The maximum absolute atomic E-state index is 13.5. The quantitative estimate of drug-likeness (QED) is 0.336. The molecular formula is C27H35N7O5S. The molecule has 2 aliphatic rings. The monoisotopic (exact) mass is 569 g/mol. The zero-order chi connectivity index (χ0) is 28.6. The molecule has 0 aliphatic carbocycles. The number of urea groups is 1. The van der Waals surface area contributed by atoms with Crippen LogP contribution in [-0.4, -0.2) is 97.8 Å². The average Bonchev–Trinajstić information content (AvgIpc) is 2.95. The minimum absolute atomic E-state index is 0.0523. The van der Waals surface area contributed by atoms with Crippen LogP contribution in [0, 0.1) is 11.3 Å². The second-order valence-electron chi connectivity index (χ2n) is 9.58. The molecule has 2 aromatic heterocycles. The molecule has 0 unspecified atom stereocenters. The van der Waals surface area contributed by atoms with E-state index < -0.39 is 12.3 Å². The number of carbonyl (C=O) groups is 2. The first kappa shape index (κ1) is 29.5. The first-order chi connectivity index (χ1) is 19.4. The highest BCUT2D eigenvalue weighted by Crippen LogP contribution is 2.32. The van der Waals surface area contributed by atoms with Crippen LogP contribution in [0.15, 0.2) is 18.3 Å². The van der Waals surface area contributed by atoms with Gasteiger partial charge in [0, 0.05) is 52.2 Å². The Morgan fingerprint density at radius 3 is 2.75 bits per heavy atom. The van der Waals surface area contributed by atoms with E-state index in [-0.39, 0.29) is 11.7 Å². The number of aromatic nitrogens is 2. The zero-order valence-electron chi connectivity index (χ0n) is 23.3. The number of methoxy groups -OCH3 is 2. The highest BCUT2D eigenvalue weighted by molar-refractivity contribution is 7.98. The zero-order valence-corrected chi connectivity index (χ0v) is 24.1. The smallest absolute Gasteiger partial charge is 0.328 e. The SMILES string of the molecule is COC(OC)c1nc2c(cc1CN1CCN(C)CC1=O)CCCN2C(=O)Nc1cc(OCCSC)c(C#N)cn1. The van der Waals surface area contributed by atoms with Gasteiger partial charge in [-0.1, -0.05) is 0 Å². The maximum Gasteiger partial charge on any atom is 0.328 e. The fourth-order valence-corrected chi connectivity index (χ4v) is 4.98. The number of pyridine rings is 2. The van der Waals surface area contributed by atoms with Crippen LogP contribution in [0.4, 0.5) is 16.4 Å². The van der Waals surface area contributed by atoms with Gasteiger partial charge in [-0.05, 0) is 43.3 Å². The summed E-state index contributed by atoms with van der Waals surface area (Å²) in [4.78, 5) is 40.6. The Kier molecular flexibility index (Phi) is 10.2. The summed E-state index contributed by atoms with van der Waals surface area (Å²) in [7, 11) is 4.99. The summed E-state index contributed by atoms with van der Waals surface area (Å²) in [5.74, 6) is 1.97. The number of fused-ring (bicyclic) bond motifs is 1. The number of rotatable bonds is 10. The number of hydrogen-bond donors (Lipinski definition) is 1. The average molecular weight is 570 g/mol. The molecule has 0 bridgehead atoms. The lowest BCUT2D eigenvalue weighted by molar-refractivity contribution is -0.136. The Hall–Kier alpha value is -3.44. The predicted octanol–water partition coefficient (Wildman–Crippen LogP) is 2.64. The maximum atomic E-state index is 13.5. The number of hydrogen-bond acceptors (Lipinski definition) is 10. The van der Waals surface area contributed by atoms with Crippen molar-refractivity contribution < 1.29 is 23.8 Å². The van der Waals surface area contributed by atoms with Crippen LogP contribution in [0.1, 0.15) is 35.1 Å². The number of likely N-dealkylation sites (N-methyl/N-ethyl adjacent to an activating group) is 1. The van der Waals surface area contributed by atoms with Crippen molar-refractivity contribution >= 4 is 35.3 Å². The van der Waals surface area contributed by atoms with Gasteiger partial charge in [-0.15, -0.1) is 0 Å². The highest BCUT2D eigenvalue weighted by atomic mass is 32.2. The molecule has 13 heteroatoms. The minimum Gasteiger partial charge on any atom is -0.491 e. The van der Waals surface area contributed by atoms with Gasteiger partial charge in [0.2, 0.25) is 12.2 Å². The predicted molar refractivity (Wildman–Crippen MR) is 151 cm³/mol. The first-order valence-electron chi connectivity index (χ1n) is 13.0. The van der Waals surface area contributed by atoms with Gasteiger partial charge >= 0.3 is 6.03 Å². The summed E-state index contributed by atoms with van der Waals surface area (Å²) in [6, 6.07) is 5.23. The Morgan fingerprint density at radius 1 is 1.25 bits per heavy atom. The van der Waals surface area contributed by atoms with E-state index >= 15 is 0 Å². The van der Waals surface area contributed by atoms with E-state index in [0.717, 1.165) is 36.3 Å². The molecule has 1 N–H and O–H groups in total. The second-order valence-corrected chi connectivity index (χ2v) is 10.6. The van der Waals surface area contributed by atoms with Crippen LogP contribution in [-0.2, 0) is 27.2 Å². The van der Waals surface area contributed by atoms with E-state index in [1.54, 1.807) is 22.7 Å². The van der Waals surface area contributed by atoms with Crippen molar-refractivity contribution in [2.24, 2.45) is 0 Å². The van der Waals surface area contributed by atoms with Gasteiger partial charge in [0.05, 0.1) is 19.3 Å². The fourth-order valence-electron chi connectivity index (χ4n) is 4.73. The van der Waals surface area contributed by atoms with Crippen molar-refractivity contribution in [3.05, 3.63) is 40.7 Å². The largest absolute Gasteiger partial charge is 0.491 e. The summed E-state index contributed by atoms with van der Waals surface area (Å²) >= 11 is 1.63. The van der Waals surface area contributed by atoms with Crippen LogP contribution < -0.4 is 15.0 Å². The van der Waals surface area contributed by atoms with E-state index in [0.29, 0.717) is 55.6 Å². The minimum atomic E-state index is -0.768. The van der Waals surface area contributed by atoms with Crippen molar-refractivity contribution in [1.82, 2.24) is 19.8 Å². The molecule has 40 heavy (non-hydrogen) atoms. The molecule has 1 saturated heterocycles. The van der Waals surface area contributed by atoms with Crippen molar-refractivity contribution in [3.63, 3.8) is 0 Å². The van der Waals surface area contributed by atoms with Crippen LogP contribution in [0.2, 0.25) is 0 Å². The molecule has 0 aromatic carbocycles. The third-order valence-electron chi connectivity index (χ3n) is 6.81. The molecule has 0 spiro atoms. The number of carbonyl (C=O) groups excluding carboxylic acids is 2. The standard InChI is InChI=1S/C27H35N7O5S/c1-32-8-9-33(23(35)17-32)16-19-12-18-6-5-7-34(25(18)31-24(19)26(37-2)38-3)27(36)30-22-13-21(39-10-11-40-4)20(14-28)15-29-22/h12-13,15,26H,5-11,16-17H2,1-4H3,(H,29,30,36). The summed E-state index contributed by atoms with van der Waals surface area (Å²) in [5.41, 5.74) is 2.55. The molecule has 0 radical (unpaired) electrons. The third-order valence-corrected chi connectivity index (χ3v) is 7.38. The Morgan fingerprint density at radius 2 is 2.05 bits per heavy atom. The van der Waals surface area contributed by atoms with E-state index in [9.17, 15) is 14.9 Å². The molecule has 3 amide bonds. The van der Waals surface area contributed by atoms with Gasteiger partial charge in [0.25, 0.3) is 0 Å². The Balaban J connectivity index is 1.60. The van der Waals surface area contributed by atoms with Gasteiger partial charge in [-0.25, -0.2) is 14.8 Å². The van der Waals surface area contributed by atoms with Gasteiger partial charge < -0.3 is 19.1 Å². The molecule has 4 heterocycles. The van der Waals surface area contributed by atoms with Crippen LogP contribution in [0.5, 0.6) is 5.75 Å². The summed E-state index contributed by atoms with van der Waals surface area (Å²) in [5, 5.41) is 12.2. The van der Waals surface area contributed by atoms with Gasteiger partial charge in [-0.3, -0.25) is 19.9 Å². The fraction of sp³-hybridized carbons (Fsp3) is 0.519. The van der Waals surface area contributed by atoms with E-state index in [1.807, 2.05) is 29.2 Å². The molecule has 0 atom stereocenters. The number of amides is 3. The normalized spacial score (nSPS) is 15.7. The summed E-state index contributed by atoms with van der Waals surface area (Å²) in [6.45, 7) is 3.05. The molecule has 2 aromatic rings. The number of piperazine rings is 1. The van der Waals surface area contributed by atoms with Crippen molar-refractivity contribution in [2.75, 3.05) is 76.3 Å². The van der Waals surface area contributed by atoms with Crippen molar-refractivity contribution in [2.45, 2.75) is 25.7 Å². The Bertz CT molecular complexity index is 1270. The number of nitrogens with zero attached hydrogens (tertiary/aromatic N) is 6. The van der Waals surface area contributed by atoms with Crippen LogP contribution >= 0.6 is 11.8 Å². The molecule has 4 rings (SSSR count). The highest BCUT2D eigenvalue weighted by Gasteiger charge is 2.30. The third kappa shape index (κ3) is 6.82. The number of thioether (sulfide) groups is 1. The second kappa shape index (κ2) is 13.8. The lowest BCUT2D eigenvalue weighted by Gasteiger charge is -2.34. The number of nitriles is 1. The van der Waals surface area contributed by atoms with E-state index in [4.69, 9.17) is 19.2 Å². The molecule has 0 saturated carbocycles. The molecular weight excluding hydrogens is 534 g/mol. The lowest BCUT2D eigenvalue weighted by atomic mass is 10.0. The van der Waals surface area contributed by atoms with E-state index in [2.05, 4.69) is 16.4 Å². The number of nitrogens with one attached hydrogen (secondary N) is 1. The first-order valence-corrected chi connectivity index (χ1v) is 14.4. The van der Waals surface area contributed by atoms with Gasteiger partial charge in [0.1, 0.15) is 34.7 Å². The molecule has 2 aliphatic heterocycles. The Labute approximate surface area is 238 Å². The van der Waals surface area contributed by atoms with Crippen LogP contribution in [0.25, 0.3) is 0 Å². The van der Waals surface area contributed by atoms with E-state index in [1.165, 1.54) is 20.4 Å². The summed E-state index contributed by atoms with van der Waals surface area (Å²) in [6.07, 6.45) is 4.08. The lowest BCUT2D eigenvalue weighted by Crippen LogP contribution is -2.48. The summed E-state index contributed by atoms with van der Waals surface area (Å²) < 4.78 is 16.8. The molecule has 214 valence electrons. The van der Waals surface area contributed by atoms with Gasteiger partial charge in [-0.2, -0.15) is 17.0 Å².